The molecule has 0 aromatic carbocycles. The molecule has 1 N–H and O–H groups in total. The third-order valence-corrected chi connectivity index (χ3v) is 1.80. The lowest BCUT2D eigenvalue weighted by Gasteiger charge is -2.18. The molecule has 1 amide bonds. The van der Waals surface area contributed by atoms with Crippen LogP contribution in [0.15, 0.2) is 0 Å². The second kappa shape index (κ2) is 5.65. The molecule has 0 aromatic rings. The summed E-state index contributed by atoms with van der Waals surface area (Å²) in [6.45, 7) is 7.90. The molecule has 0 aliphatic carbocycles. The fraction of sp³-hybridized carbons (Fsp3) is 0.700. The first-order valence-corrected chi connectivity index (χ1v) is 4.35. The molecule has 68 valence electrons. The standard InChI is InChI=1S/C10H17NO/c1-5-7-10(12)11-9(6-2)8(3)4/h8-9H,6H2,1-4H3,(H,11,12). The predicted molar refractivity (Wildman–Crippen MR) is 50.5 cm³/mol. The van der Waals surface area contributed by atoms with Gasteiger partial charge in [-0.2, -0.15) is 0 Å². The van der Waals surface area contributed by atoms with Crippen LogP contribution < -0.4 is 5.32 Å². The van der Waals surface area contributed by atoms with Gasteiger partial charge < -0.3 is 5.32 Å². The molecule has 0 fully saturated rings. The minimum Gasteiger partial charge on any atom is -0.342 e. The largest absolute Gasteiger partial charge is 0.342 e. The zero-order chi connectivity index (χ0) is 9.56. The van der Waals surface area contributed by atoms with Crippen LogP contribution in [0.2, 0.25) is 0 Å². The maximum atomic E-state index is 11.0. The molecule has 0 aliphatic heterocycles. The molecule has 0 saturated carbocycles. The van der Waals surface area contributed by atoms with Crippen molar-refractivity contribution in [2.24, 2.45) is 5.92 Å². The van der Waals surface area contributed by atoms with E-state index in [1.807, 2.05) is 0 Å². The Hall–Kier alpha value is -0.970. The van der Waals surface area contributed by atoms with Gasteiger partial charge in [-0.25, -0.2) is 0 Å². The van der Waals surface area contributed by atoms with E-state index >= 15 is 0 Å². The monoisotopic (exact) mass is 167 g/mol. The van der Waals surface area contributed by atoms with Crippen LogP contribution in [0.3, 0.4) is 0 Å². The molecule has 2 heteroatoms. The van der Waals surface area contributed by atoms with E-state index in [1.165, 1.54) is 0 Å². The third kappa shape index (κ3) is 4.02. The summed E-state index contributed by atoms with van der Waals surface area (Å²) in [6, 6.07) is 0.248. The molecule has 0 radical (unpaired) electrons. The molecule has 2 nitrogen and oxygen atoms in total. The highest BCUT2D eigenvalue weighted by Gasteiger charge is 2.11. The summed E-state index contributed by atoms with van der Waals surface area (Å²) in [4.78, 5) is 11.0. The van der Waals surface area contributed by atoms with Crippen molar-refractivity contribution in [2.75, 3.05) is 0 Å². The Morgan fingerprint density at radius 3 is 2.42 bits per heavy atom. The molecule has 0 spiro atoms. The number of amides is 1. The van der Waals surface area contributed by atoms with E-state index in [1.54, 1.807) is 6.92 Å². The SMILES string of the molecule is CC#CC(=O)NC(CC)C(C)C. The number of carbonyl (C=O) groups excluding carboxylic acids is 1. The van der Waals surface area contributed by atoms with E-state index in [9.17, 15) is 4.79 Å². The van der Waals surface area contributed by atoms with E-state index in [0.29, 0.717) is 5.92 Å². The highest BCUT2D eigenvalue weighted by molar-refractivity contribution is 5.93. The quantitative estimate of drug-likeness (QED) is 0.635. The molecular weight excluding hydrogens is 150 g/mol. The lowest BCUT2D eigenvalue weighted by Crippen LogP contribution is -2.37. The predicted octanol–water partition coefficient (Wildman–Crippen LogP) is 1.56. The molecule has 0 aliphatic rings. The fourth-order valence-corrected chi connectivity index (χ4v) is 1.06. The molecule has 0 rings (SSSR count). The summed E-state index contributed by atoms with van der Waals surface area (Å²) in [5.41, 5.74) is 0. The van der Waals surface area contributed by atoms with Gasteiger partial charge in [0.1, 0.15) is 0 Å². The van der Waals surface area contributed by atoms with Gasteiger partial charge in [0.05, 0.1) is 0 Å². The summed E-state index contributed by atoms with van der Waals surface area (Å²) in [7, 11) is 0. The molecule has 0 bridgehead atoms. The number of hydrogen-bond acceptors (Lipinski definition) is 1. The topological polar surface area (TPSA) is 29.1 Å². The Labute approximate surface area is 74.7 Å². The van der Waals surface area contributed by atoms with E-state index in [4.69, 9.17) is 0 Å². The Morgan fingerprint density at radius 1 is 1.50 bits per heavy atom. The van der Waals surface area contributed by atoms with Gasteiger partial charge in [-0.05, 0) is 25.2 Å². The van der Waals surface area contributed by atoms with Crippen LogP contribution in [-0.4, -0.2) is 11.9 Å². The second-order valence-corrected chi connectivity index (χ2v) is 3.11. The second-order valence-electron chi connectivity index (χ2n) is 3.11. The maximum absolute atomic E-state index is 11.0. The van der Waals surface area contributed by atoms with Gasteiger partial charge in [-0.15, -0.1) is 0 Å². The van der Waals surface area contributed by atoms with E-state index in [0.717, 1.165) is 6.42 Å². The minimum atomic E-state index is -0.168. The van der Waals surface area contributed by atoms with Crippen LogP contribution in [0.4, 0.5) is 0 Å². The minimum absolute atomic E-state index is 0.168. The number of rotatable bonds is 3. The van der Waals surface area contributed by atoms with Crippen LogP contribution in [0, 0.1) is 17.8 Å². The van der Waals surface area contributed by atoms with Crippen LogP contribution in [0.1, 0.15) is 34.1 Å². The van der Waals surface area contributed by atoms with Crippen molar-refractivity contribution in [3.8, 4) is 11.8 Å². The Balaban J connectivity index is 4.00. The molecule has 0 saturated heterocycles. The van der Waals surface area contributed by atoms with Crippen LogP contribution in [0.25, 0.3) is 0 Å². The third-order valence-electron chi connectivity index (χ3n) is 1.80. The molecule has 0 heterocycles. The number of carbonyl (C=O) groups is 1. The van der Waals surface area contributed by atoms with Gasteiger partial charge in [0.25, 0.3) is 5.91 Å². The van der Waals surface area contributed by atoms with E-state index in [-0.39, 0.29) is 11.9 Å². The zero-order valence-corrected chi connectivity index (χ0v) is 8.27. The molecule has 12 heavy (non-hydrogen) atoms. The smallest absolute Gasteiger partial charge is 0.296 e. The summed E-state index contributed by atoms with van der Waals surface area (Å²) in [5, 5.41) is 2.85. The van der Waals surface area contributed by atoms with Crippen molar-refractivity contribution >= 4 is 5.91 Å². The van der Waals surface area contributed by atoms with Crippen molar-refractivity contribution in [2.45, 2.75) is 40.2 Å². The summed E-state index contributed by atoms with van der Waals surface area (Å²) >= 11 is 0. The van der Waals surface area contributed by atoms with E-state index in [2.05, 4.69) is 37.9 Å². The van der Waals surface area contributed by atoms with Gasteiger partial charge in [0.15, 0.2) is 0 Å². The van der Waals surface area contributed by atoms with Gasteiger partial charge in [0, 0.05) is 6.04 Å². The zero-order valence-electron chi connectivity index (χ0n) is 8.27. The molecular formula is C10H17NO. The summed E-state index contributed by atoms with van der Waals surface area (Å²) < 4.78 is 0. The number of hydrogen-bond donors (Lipinski definition) is 1. The first kappa shape index (κ1) is 11.0. The van der Waals surface area contributed by atoms with Crippen LogP contribution in [-0.2, 0) is 4.79 Å². The first-order valence-electron chi connectivity index (χ1n) is 4.35. The maximum Gasteiger partial charge on any atom is 0.296 e. The fourth-order valence-electron chi connectivity index (χ4n) is 1.06. The lowest BCUT2D eigenvalue weighted by atomic mass is 10.0. The van der Waals surface area contributed by atoms with Crippen molar-refractivity contribution < 1.29 is 4.79 Å². The first-order chi connectivity index (χ1) is 5.61. The molecule has 0 aromatic heterocycles. The van der Waals surface area contributed by atoms with Crippen molar-refractivity contribution in [1.29, 1.82) is 0 Å². The molecule has 1 unspecified atom stereocenters. The van der Waals surface area contributed by atoms with Gasteiger partial charge in [-0.3, -0.25) is 4.79 Å². The molecule has 1 atom stereocenters. The highest BCUT2D eigenvalue weighted by Crippen LogP contribution is 2.04. The summed E-state index contributed by atoms with van der Waals surface area (Å²) in [5.74, 6) is 5.34. The Morgan fingerprint density at radius 2 is 2.08 bits per heavy atom. The van der Waals surface area contributed by atoms with Crippen molar-refractivity contribution in [1.82, 2.24) is 5.32 Å². The average molecular weight is 167 g/mol. The van der Waals surface area contributed by atoms with Crippen molar-refractivity contribution in [3.63, 3.8) is 0 Å². The average Bonchev–Trinajstić information content (AvgIpc) is 2.00. The lowest BCUT2D eigenvalue weighted by molar-refractivity contribution is -0.116. The normalized spacial score (nSPS) is 11.8. The van der Waals surface area contributed by atoms with Crippen LogP contribution in [0.5, 0.6) is 0 Å². The van der Waals surface area contributed by atoms with E-state index < -0.39 is 0 Å². The Bertz CT molecular complexity index is 198. The summed E-state index contributed by atoms with van der Waals surface area (Å²) in [6.07, 6.45) is 0.953. The highest BCUT2D eigenvalue weighted by atomic mass is 16.1. The van der Waals surface area contributed by atoms with Gasteiger partial charge in [0.2, 0.25) is 0 Å². The van der Waals surface area contributed by atoms with Gasteiger partial charge >= 0.3 is 0 Å². The van der Waals surface area contributed by atoms with Gasteiger partial charge in [-0.1, -0.05) is 26.7 Å². The Kier molecular flexibility index (Phi) is 5.19. The van der Waals surface area contributed by atoms with Crippen LogP contribution >= 0.6 is 0 Å². The van der Waals surface area contributed by atoms with Crippen molar-refractivity contribution in [3.05, 3.63) is 0 Å². The number of nitrogens with one attached hydrogen (secondary N) is 1.